The zero-order valence-corrected chi connectivity index (χ0v) is 18.6. The van der Waals surface area contributed by atoms with Gasteiger partial charge in [-0.1, -0.05) is 36.4 Å². The molecule has 156 valence electrons. The Kier molecular flexibility index (Phi) is 7.74. The maximum absolute atomic E-state index is 9.14. The van der Waals surface area contributed by atoms with Crippen LogP contribution in [-0.4, -0.2) is 34.5 Å². The molecular weight excluding hydrogens is 418 g/mol. The van der Waals surface area contributed by atoms with Gasteiger partial charge in [0.1, 0.15) is 17.9 Å². The van der Waals surface area contributed by atoms with Gasteiger partial charge in [-0.2, -0.15) is 0 Å². The van der Waals surface area contributed by atoms with E-state index < -0.39 is 0 Å². The van der Waals surface area contributed by atoms with Gasteiger partial charge in [0.05, 0.1) is 11.6 Å². The number of thioether (sulfide) groups is 1. The first-order chi connectivity index (χ1) is 14.6. The standard InChI is InChI=1S/C23H24ClN3O2S/c1-4-6-20(25-3)17-11-15(2)27-23-16(17)7-5-8-21(23)29-14-18-19(24)12-26-13-22(18)30-10-9-28/h4-8,11-13,25,28H,1,9-10,14H2,2-3H3/b20-6-. The number of hydrogen-bond donors (Lipinski definition) is 2. The van der Waals surface area contributed by atoms with Crippen LogP contribution in [0.15, 0.2) is 60.3 Å². The highest BCUT2D eigenvalue weighted by Crippen LogP contribution is 2.33. The zero-order valence-electron chi connectivity index (χ0n) is 17.0. The van der Waals surface area contributed by atoms with Gasteiger partial charge >= 0.3 is 0 Å². The topological polar surface area (TPSA) is 67.3 Å². The Balaban J connectivity index is 2.00. The van der Waals surface area contributed by atoms with Crippen LogP contribution in [0.25, 0.3) is 16.6 Å². The highest BCUT2D eigenvalue weighted by molar-refractivity contribution is 7.99. The number of pyridine rings is 2. The lowest BCUT2D eigenvalue weighted by Gasteiger charge is -2.15. The van der Waals surface area contributed by atoms with Crippen molar-refractivity contribution >= 4 is 40.0 Å². The summed E-state index contributed by atoms with van der Waals surface area (Å²) < 4.78 is 6.18. The van der Waals surface area contributed by atoms with Gasteiger partial charge in [0.25, 0.3) is 0 Å². The van der Waals surface area contributed by atoms with Crippen molar-refractivity contribution < 1.29 is 9.84 Å². The lowest BCUT2D eigenvalue weighted by atomic mass is 10.0. The molecular formula is C23H24ClN3O2S. The fourth-order valence-corrected chi connectivity index (χ4v) is 4.19. The number of ether oxygens (including phenoxy) is 1. The largest absolute Gasteiger partial charge is 0.487 e. The average molecular weight is 442 g/mol. The zero-order chi connectivity index (χ0) is 21.5. The second-order valence-electron chi connectivity index (χ2n) is 6.49. The van der Waals surface area contributed by atoms with Gasteiger partial charge in [-0.3, -0.25) is 4.98 Å². The molecule has 0 saturated carbocycles. The lowest BCUT2D eigenvalue weighted by Crippen LogP contribution is -2.06. The maximum Gasteiger partial charge on any atom is 0.146 e. The van der Waals surface area contributed by atoms with E-state index in [-0.39, 0.29) is 13.2 Å². The molecule has 2 N–H and O–H groups in total. The van der Waals surface area contributed by atoms with Crippen molar-refractivity contribution in [2.45, 2.75) is 18.4 Å². The molecule has 0 spiro atoms. The molecule has 1 aromatic carbocycles. The van der Waals surface area contributed by atoms with Crippen LogP contribution in [-0.2, 0) is 6.61 Å². The summed E-state index contributed by atoms with van der Waals surface area (Å²) in [6.07, 6.45) is 7.04. The van der Waals surface area contributed by atoms with Gasteiger partial charge in [0.2, 0.25) is 0 Å². The number of allylic oxidation sites excluding steroid dienone is 2. The molecule has 2 heterocycles. The van der Waals surface area contributed by atoms with E-state index in [1.54, 1.807) is 18.5 Å². The molecule has 0 bridgehead atoms. The maximum atomic E-state index is 9.14. The normalized spacial score (nSPS) is 11.5. The molecule has 0 fully saturated rings. The SMILES string of the molecule is C=C/C=C(\NC)c1cc(C)nc2c(OCc3c(Cl)cncc3SCCO)cccc12. The Bertz CT molecular complexity index is 1090. The number of hydrogen-bond acceptors (Lipinski definition) is 6. The summed E-state index contributed by atoms with van der Waals surface area (Å²) >= 11 is 7.88. The fraction of sp³-hybridized carbons (Fsp3) is 0.217. The molecule has 0 amide bonds. The molecule has 0 radical (unpaired) electrons. The van der Waals surface area contributed by atoms with Gasteiger partial charge < -0.3 is 15.2 Å². The summed E-state index contributed by atoms with van der Waals surface area (Å²) in [6.45, 7) is 6.13. The number of halogens is 1. The summed E-state index contributed by atoms with van der Waals surface area (Å²) in [5.74, 6) is 1.24. The van der Waals surface area contributed by atoms with Crippen molar-refractivity contribution in [1.29, 1.82) is 0 Å². The monoisotopic (exact) mass is 441 g/mol. The van der Waals surface area contributed by atoms with Gasteiger partial charge in [-0.25, -0.2) is 4.98 Å². The van der Waals surface area contributed by atoms with Crippen LogP contribution in [0.3, 0.4) is 0 Å². The summed E-state index contributed by atoms with van der Waals surface area (Å²) in [5, 5.41) is 13.9. The third-order valence-corrected chi connectivity index (χ3v) is 5.84. The Hall–Kier alpha value is -2.54. The summed E-state index contributed by atoms with van der Waals surface area (Å²) in [7, 11) is 1.88. The van der Waals surface area contributed by atoms with E-state index in [9.17, 15) is 0 Å². The molecule has 2 aromatic heterocycles. The number of rotatable bonds is 9. The van der Waals surface area contributed by atoms with Crippen molar-refractivity contribution in [3.63, 3.8) is 0 Å². The molecule has 0 aliphatic carbocycles. The van der Waals surface area contributed by atoms with E-state index in [0.29, 0.717) is 16.5 Å². The molecule has 30 heavy (non-hydrogen) atoms. The number of fused-ring (bicyclic) bond motifs is 1. The number of para-hydroxylation sites is 1. The quantitative estimate of drug-likeness (QED) is 0.359. The second-order valence-corrected chi connectivity index (χ2v) is 8.03. The number of nitrogens with one attached hydrogen (secondary N) is 1. The van der Waals surface area contributed by atoms with Crippen LogP contribution in [0.1, 0.15) is 16.8 Å². The predicted octanol–water partition coefficient (Wildman–Crippen LogP) is 5.00. The van der Waals surface area contributed by atoms with Crippen LogP contribution < -0.4 is 10.1 Å². The summed E-state index contributed by atoms with van der Waals surface area (Å²) in [6, 6.07) is 7.93. The van der Waals surface area contributed by atoms with Crippen molar-refractivity contribution in [2.24, 2.45) is 0 Å². The molecule has 0 unspecified atom stereocenters. The van der Waals surface area contributed by atoms with Gasteiger partial charge in [-0.05, 0) is 25.1 Å². The highest BCUT2D eigenvalue weighted by Gasteiger charge is 2.14. The van der Waals surface area contributed by atoms with E-state index >= 15 is 0 Å². The summed E-state index contributed by atoms with van der Waals surface area (Å²) in [5.41, 5.74) is 4.51. The Morgan fingerprint density at radius 2 is 2.20 bits per heavy atom. The minimum atomic E-state index is 0.0821. The van der Waals surface area contributed by atoms with E-state index in [1.807, 2.05) is 44.3 Å². The predicted molar refractivity (Wildman–Crippen MR) is 125 cm³/mol. The Morgan fingerprint density at radius 3 is 2.93 bits per heavy atom. The molecule has 0 aliphatic heterocycles. The molecule has 0 aliphatic rings. The molecule has 3 aromatic rings. The minimum absolute atomic E-state index is 0.0821. The van der Waals surface area contributed by atoms with Gasteiger partial charge in [0, 0.05) is 58.0 Å². The van der Waals surface area contributed by atoms with Crippen LogP contribution in [0, 0.1) is 6.92 Å². The molecule has 3 rings (SSSR count). The van der Waals surface area contributed by atoms with Crippen LogP contribution in [0.5, 0.6) is 5.75 Å². The number of aryl methyl sites for hydroxylation is 1. The van der Waals surface area contributed by atoms with Crippen LogP contribution in [0.2, 0.25) is 5.02 Å². The van der Waals surface area contributed by atoms with E-state index in [4.69, 9.17) is 26.4 Å². The number of aromatic nitrogens is 2. The lowest BCUT2D eigenvalue weighted by molar-refractivity contribution is 0.306. The van der Waals surface area contributed by atoms with Crippen molar-refractivity contribution in [1.82, 2.24) is 15.3 Å². The second kappa shape index (κ2) is 10.5. The van der Waals surface area contributed by atoms with Crippen molar-refractivity contribution in [3.8, 4) is 5.75 Å². The van der Waals surface area contributed by atoms with E-state index in [0.717, 1.165) is 38.3 Å². The number of aliphatic hydroxyl groups is 1. The molecule has 0 saturated heterocycles. The fourth-order valence-electron chi connectivity index (χ4n) is 3.13. The first-order valence-electron chi connectivity index (χ1n) is 9.49. The van der Waals surface area contributed by atoms with Gasteiger partial charge in [0.15, 0.2) is 0 Å². The number of nitrogens with zero attached hydrogens (tertiary/aromatic N) is 2. The third-order valence-electron chi connectivity index (χ3n) is 4.46. The molecule has 5 nitrogen and oxygen atoms in total. The Labute approximate surface area is 185 Å². The average Bonchev–Trinajstić information content (AvgIpc) is 2.75. The molecule has 0 atom stereocenters. The summed E-state index contributed by atoms with van der Waals surface area (Å²) in [4.78, 5) is 9.78. The highest BCUT2D eigenvalue weighted by atomic mass is 35.5. The van der Waals surface area contributed by atoms with E-state index in [2.05, 4.69) is 16.9 Å². The third kappa shape index (κ3) is 4.95. The van der Waals surface area contributed by atoms with Crippen LogP contribution in [0.4, 0.5) is 0 Å². The smallest absolute Gasteiger partial charge is 0.146 e. The van der Waals surface area contributed by atoms with Crippen LogP contribution >= 0.6 is 23.4 Å². The van der Waals surface area contributed by atoms with E-state index in [1.165, 1.54) is 11.8 Å². The Morgan fingerprint density at radius 1 is 1.37 bits per heavy atom. The molecule has 7 heteroatoms. The number of benzene rings is 1. The first kappa shape index (κ1) is 22.2. The number of aliphatic hydroxyl groups excluding tert-OH is 1. The van der Waals surface area contributed by atoms with Crippen molar-refractivity contribution in [3.05, 3.63) is 77.2 Å². The minimum Gasteiger partial charge on any atom is -0.487 e. The van der Waals surface area contributed by atoms with Gasteiger partial charge in [-0.15, -0.1) is 11.8 Å². The first-order valence-corrected chi connectivity index (χ1v) is 10.9. The van der Waals surface area contributed by atoms with Crippen molar-refractivity contribution in [2.75, 3.05) is 19.4 Å².